The third-order valence-corrected chi connectivity index (χ3v) is 7.89. The van der Waals surface area contributed by atoms with Crippen LogP contribution >= 0.6 is 46.5 Å². The molecular formula is C22H19ClN4O3S3. The molecule has 4 rings (SSSR count). The number of hydrogen-bond donors (Lipinski definition) is 1. The maximum atomic E-state index is 13.1. The Morgan fingerprint density at radius 3 is 2.39 bits per heavy atom. The summed E-state index contributed by atoms with van der Waals surface area (Å²) in [5.41, 5.74) is 1.73. The number of nitrogens with one attached hydrogen (secondary N) is 1. The molecular weight excluding hydrogens is 500 g/mol. The number of nitrogens with zero attached hydrogens (tertiary/aromatic N) is 3. The minimum atomic E-state index is -0.932. The fourth-order valence-corrected chi connectivity index (χ4v) is 5.63. The van der Waals surface area contributed by atoms with Crippen LogP contribution in [0.5, 0.6) is 0 Å². The average molecular weight is 519 g/mol. The highest BCUT2D eigenvalue weighted by atomic mass is 35.5. The van der Waals surface area contributed by atoms with Gasteiger partial charge >= 0.3 is 0 Å². The average Bonchev–Trinajstić information content (AvgIpc) is 3.37. The first-order valence-electron chi connectivity index (χ1n) is 9.95. The molecule has 7 nitrogen and oxygen atoms in total. The topological polar surface area (TPSA) is 92.3 Å². The number of fused-ring (bicyclic) bond motifs is 1. The van der Waals surface area contributed by atoms with Crippen LogP contribution < -0.4 is 5.32 Å². The lowest BCUT2D eigenvalue weighted by Crippen LogP contribution is -2.47. The van der Waals surface area contributed by atoms with Crippen LogP contribution in [0.3, 0.4) is 0 Å². The monoisotopic (exact) mass is 518 g/mol. The Kier molecular flexibility index (Phi) is 7.69. The van der Waals surface area contributed by atoms with Crippen molar-refractivity contribution in [1.82, 2.24) is 15.1 Å². The van der Waals surface area contributed by atoms with Gasteiger partial charge in [0.15, 0.2) is 4.34 Å². The zero-order valence-electron chi connectivity index (χ0n) is 17.5. The molecule has 11 heteroatoms. The highest BCUT2D eigenvalue weighted by Gasteiger charge is 2.42. The second-order valence-electron chi connectivity index (χ2n) is 7.10. The summed E-state index contributed by atoms with van der Waals surface area (Å²) in [5, 5.41) is 11.9. The fourth-order valence-electron chi connectivity index (χ4n) is 3.33. The molecule has 3 amide bonds. The number of benzene rings is 2. The number of hydrogen-bond acceptors (Lipinski definition) is 8. The summed E-state index contributed by atoms with van der Waals surface area (Å²) >= 11 is 10.2. The second kappa shape index (κ2) is 10.7. The third-order valence-electron chi connectivity index (χ3n) is 4.95. The lowest BCUT2D eigenvalue weighted by Gasteiger charge is -2.24. The van der Waals surface area contributed by atoms with Crippen molar-refractivity contribution < 1.29 is 14.4 Å². The zero-order valence-corrected chi connectivity index (χ0v) is 20.7. The lowest BCUT2D eigenvalue weighted by molar-refractivity contribution is -0.120. The number of halogens is 1. The summed E-state index contributed by atoms with van der Waals surface area (Å²) in [6.45, 7) is 0. The van der Waals surface area contributed by atoms with Crippen LogP contribution in [0.1, 0.15) is 32.7 Å². The van der Waals surface area contributed by atoms with E-state index in [9.17, 15) is 14.4 Å². The predicted molar refractivity (Wildman–Crippen MR) is 133 cm³/mol. The van der Waals surface area contributed by atoms with Gasteiger partial charge in [-0.15, -0.1) is 10.2 Å². The summed E-state index contributed by atoms with van der Waals surface area (Å²) in [7, 11) is 0. The molecule has 0 aliphatic carbocycles. The van der Waals surface area contributed by atoms with Crippen molar-refractivity contribution in [3.05, 3.63) is 70.2 Å². The van der Waals surface area contributed by atoms with Gasteiger partial charge in [-0.2, -0.15) is 11.8 Å². The van der Waals surface area contributed by atoms with Crippen molar-refractivity contribution in [2.45, 2.75) is 22.6 Å². The summed E-state index contributed by atoms with van der Waals surface area (Å²) in [6.07, 6.45) is 2.25. The van der Waals surface area contributed by atoms with E-state index >= 15 is 0 Å². The van der Waals surface area contributed by atoms with Crippen molar-refractivity contribution in [2.24, 2.45) is 0 Å². The van der Waals surface area contributed by atoms with Gasteiger partial charge in [-0.3, -0.25) is 24.6 Å². The largest absolute Gasteiger partial charge is 0.299 e. The van der Waals surface area contributed by atoms with Gasteiger partial charge in [0.1, 0.15) is 6.04 Å². The van der Waals surface area contributed by atoms with Crippen molar-refractivity contribution in [3.8, 4) is 0 Å². The number of imide groups is 1. The first-order chi connectivity index (χ1) is 16.0. The molecule has 2 heterocycles. The molecule has 1 aliphatic rings. The van der Waals surface area contributed by atoms with Gasteiger partial charge in [0.05, 0.1) is 11.1 Å². The summed E-state index contributed by atoms with van der Waals surface area (Å²) in [5.74, 6) is -0.0554. The quantitative estimate of drug-likeness (QED) is 0.246. The summed E-state index contributed by atoms with van der Waals surface area (Å²) in [4.78, 5) is 40.0. The van der Waals surface area contributed by atoms with E-state index in [2.05, 4.69) is 15.5 Å². The number of thioether (sulfide) groups is 2. The highest BCUT2D eigenvalue weighted by Crippen LogP contribution is 2.30. The molecule has 0 spiro atoms. The van der Waals surface area contributed by atoms with Crippen molar-refractivity contribution >= 4 is 69.3 Å². The van der Waals surface area contributed by atoms with E-state index < -0.39 is 23.8 Å². The van der Waals surface area contributed by atoms with Gasteiger partial charge in [-0.1, -0.05) is 59.0 Å². The maximum absolute atomic E-state index is 13.1. The molecule has 1 unspecified atom stereocenters. The molecule has 3 aromatic rings. The number of carbonyl (C=O) groups is 3. The van der Waals surface area contributed by atoms with E-state index in [0.29, 0.717) is 43.5 Å². The van der Waals surface area contributed by atoms with E-state index in [-0.39, 0.29) is 0 Å². The molecule has 0 bridgehead atoms. The first-order valence-corrected chi connectivity index (χ1v) is 13.5. The molecule has 0 radical (unpaired) electrons. The first kappa shape index (κ1) is 23.7. The van der Waals surface area contributed by atoms with Crippen molar-refractivity contribution in [3.63, 3.8) is 0 Å². The molecule has 2 aromatic carbocycles. The van der Waals surface area contributed by atoms with Crippen LogP contribution in [0.4, 0.5) is 5.13 Å². The van der Waals surface area contributed by atoms with Crippen LogP contribution in [-0.4, -0.2) is 50.9 Å². The molecule has 1 aliphatic heterocycles. The van der Waals surface area contributed by atoms with Gasteiger partial charge < -0.3 is 0 Å². The molecule has 170 valence electrons. The molecule has 1 N–H and O–H groups in total. The number of amides is 3. The highest BCUT2D eigenvalue weighted by molar-refractivity contribution is 8.00. The van der Waals surface area contributed by atoms with Crippen molar-refractivity contribution in [1.29, 1.82) is 0 Å². The van der Waals surface area contributed by atoms with Crippen LogP contribution in [0.15, 0.2) is 52.9 Å². The molecule has 1 aromatic heterocycles. The smallest absolute Gasteiger partial charge is 0.262 e. The molecule has 33 heavy (non-hydrogen) atoms. The van der Waals surface area contributed by atoms with E-state index in [1.54, 1.807) is 36.0 Å². The predicted octanol–water partition coefficient (Wildman–Crippen LogP) is 4.84. The van der Waals surface area contributed by atoms with Crippen LogP contribution in [0, 0.1) is 0 Å². The molecule has 0 fully saturated rings. The van der Waals surface area contributed by atoms with Gasteiger partial charge in [-0.05, 0) is 48.3 Å². The Labute approximate surface area is 208 Å². The Balaban J connectivity index is 1.44. The Hall–Kier alpha value is -2.40. The number of rotatable bonds is 9. The molecule has 0 saturated heterocycles. The zero-order chi connectivity index (χ0) is 23.4. The fraction of sp³-hybridized carbons (Fsp3) is 0.227. The Morgan fingerprint density at radius 2 is 1.76 bits per heavy atom. The summed E-state index contributed by atoms with van der Waals surface area (Å²) in [6, 6.07) is 13.2. The van der Waals surface area contributed by atoms with Crippen molar-refractivity contribution in [2.75, 3.05) is 17.3 Å². The standard InChI is InChI=1S/C22H19ClN4O3S3/c1-31-11-10-17(27-19(29)15-4-2-3-5-16(15)20(27)30)18(28)24-21-25-26-22(33-21)32-12-13-6-8-14(23)9-7-13/h2-9,17H,10-12H2,1H3,(H,24,25,28). The van der Waals surface area contributed by atoms with Gasteiger partial charge in [0, 0.05) is 10.8 Å². The van der Waals surface area contributed by atoms with Crippen LogP contribution in [0.2, 0.25) is 5.02 Å². The van der Waals surface area contributed by atoms with E-state index in [4.69, 9.17) is 11.6 Å². The van der Waals surface area contributed by atoms with E-state index in [0.717, 1.165) is 10.5 Å². The number of anilines is 1. The van der Waals surface area contributed by atoms with Gasteiger partial charge in [0.2, 0.25) is 11.0 Å². The normalized spacial score (nSPS) is 13.8. The minimum Gasteiger partial charge on any atom is -0.299 e. The SMILES string of the molecule is CSCCC(C(=O)Nc1nnc(SCc2ccc(Cl)cc2)s1)N1C(=O)c2ccccc2C1=O. The van der Waals surface area contributed by atoms with Crippen LogP contribution in [0.25, 0.3) is 0 Å². The van der Waals surface area contributed by atoms with E-state index in [1.807, 2.05) is 30.5 Å². The van der Waals surface area contributed by atoms with Gasteiger partial charge in [0.25, 0.3) is 11.8 Å². The second-order valence-corrected chi connectivity index (χ2v) is 10.7. The lowest BCUT2D eigenvalue weighted by atomic mass is 10.1. The Bertz CT molecular complexity index is 1150. The van der Waals surface area contributed by atoms with Crippen LogP contribution in [-0.2, 0) is 10.5 Å². The number of carbonyl (C=O) groups excluding carboxylic acids is 3. The Morgan fingerprint density at radius 1 is 1.09 bits per heavy atom. The summed E-state index contributed by atoms with van der Waals surface area (Å²) < 4.78 is 0.696. The van der Waals surface area contributed by atoms with E-state index in [1.165, 1.54) is 23.1 Å². The molecule has 1 atom stereocenters. The number of aromatic nitrogens is 2. The van der Waals surface area contributed by atoms with Gasteiger partial charge in [-0.25, -0.2) is 0 Å². The molecule has 0 saturated carbocycles. The third kappa shape index (κ3) is 5.40. The minimum absolute atomic E-state index is 0.321. The maximum Gasteiger partial charge on any atom is 0.262 e.